The van der Waals surface area contributed by atoms with Crippen molar-refractivity contribution in [2.24, 2.45) is 0 Å². The largest absolute Gasteiger partial charge is 0.445 e. The van der Waals surface area contributed by atoms with E-state index >= 15 is 0 Å². The van der Waals surface area contributed by atoms with E-state index in [2.05, 4.69) is 0 Å². The van der Waals surface area contributed by atoms with Crippen LogP contribution in [-0.4, -0.2) is 59.4 Å². The lowest BCUT2D eigenvalue weighted by Crippen LogP contribution is -2.58. The Morgan fingerprint density at radius 2 is 1.73 bits per heavy atom. The van der Waals surface area contributed by atoms with E-state index in [4.69, 9.17) is 16.3 Å². The van der Waals surface area contributed by atoms with Gasteiger partial charge in [-0.3, -0.25) is 9.59 Å². The van der Waals surface area contributed by atoms with E-state index in [0.29, 0.717) is 38.2 Å². The number of nitrogens with zero attached hydrogens (tertiary/aromatic N) is 2. The molecule has 2 amide bonds. The third-order valence-corrected chi connectivity index (χ3v) is 5.86. The van der Waals surface area contributed by atoms with E-state index in [-0.39, 0.29) is 22.4 Å². The van der Waals surface area contributed by atoms with Gasteiger partial charge < -0.3 is 14.5 Å². The quantitative estimate of drug-likeness (QED) is 0.687. The van der Waals surface area contributed by atoms with Crippen LogP contribution < -0.4 is 0 Å². The van der Waals surface area contributed by atoms with Gasteiger partial charge in [-0.2, -0.15) is 0 Å². The Kier molecular flexibility index (Phi) is 5.24. The first-order valence-electron chi connectivity index (χ1n) is 9.63. The smallest absolute Gasteiger partial charge is 0.339 e. The lowest BCUT2D eigenvalue weighted by atomic mass is 9.88. The standard InChI is InChI=1S/C22H20ClFN2O4/c1-22(13-14-4-2-3-5-16(14)20(28)30-22)21(29)26-10-8-25(9-11-26)19(27)17-7-6-15(24)12-18(17)23/h2-7,12H,8-11,13H2,1H3. The van der Waals surface area contributed by atoms with E-state index in [1.165, 1.54) is 12.1 Å². The lowest BCUT2D eigenvalue weighted by molar-refractivity contribution is -0.152. The zero-order chi connectivity index (χ0) is 21.5. The highest BCUT2D eigenvalue weighted by Gasteiger charge is 2.45. The number of hydrogen-bond acceptors (Lipinski definition) is 4. The molecule has 4 rings (SSSR count). The number of amides is 2. The number of esters is 1. The summed E-state index contributed by atoms with van der Waals surface area (Å²) in [6, 6.07) is 10.7. The highest BCUT2D eigenvalue weighted by molar-refractivity contribution is 6.33. The van der Waals surface area contributed by atoms with Crippen molar-refractivity contribution in [3.63, 3.8) is 0 Å². The summed E-state index contributed by atoms with van der Waals surface area (Å²) >= 11 is 6.00. The summed E-state index contributed by atoms with van der Waals surface area (Å²) in [7, 11) is 0. The first-order chi connectivity index (χ1) is 14.3. The van der Waals surface area contributed by atoms with Crippen molar-refractivity contribution in [1.82, 2.24) is 9.80 Å². The van der Waals surface area contributed by atoms with Crippen molar-refractivity contribution in [2.45, 2.75) is 18.9 Å². The molecule has 2 aromatic carbocycles. The molecule has 2 aliphatic rings. The van der Waals surface area contributed by atoms with Crippen molar-refractivity contribution < 1.29 is 23.5 Å². The minimum absolute atomic E-state index is 0.0544. The number of fused-ring (bicyclic) bond motifs is 1. The fraction of sp³-hybridized carbons (Fsp3) is 0.318. The molecule has 6 nitrogen and oxygen atoms in total. The zero-order valence-corrected chi connectivity index (χ0v) is 17.1. The average molecular weight is 431 g/mol. The first kappa shape index (κ1) is 20.3. The summed E-state index contributed by atoms with van der Waals surface area (Å²) in [6.45, 7) is 2.84. The number of benzene rings is 2. The second-order valence-corrected chi connectivity index (χ2v) is 8.07. The van der Waals surface area contributed by atoms with Crippen molar-refractivity contribution in [3.05, 3.63) is 70.0 Å². The van der Waals surface area contributed by atoms with Gasteiger partial charge in [0, 0.05) is 32.6 Å². The van der Waals surface area contributed by atoms with Gasteiger partial charge in [0.15, 0.2) is 5.60 Å². The molecule has 0 N–H and O–H groups in total. The number of rotatable bonds is 2. The first-order valence-corrected chi connectivity index (χ1v) is 10.0. The van der Waals surface area contributed by atoms with Gasteiger partial charge in [-0.15, -0.1) is 0 Å². The topological polar surface area (TPSA) is 66.9 Å². The van der Waals surface area contributed by atoms with Crippen molar-refractivity contribution >= 4 is 29.4 Å². The lowest BCUT2D eigenvalue weighted by Gasteiger charge is -2.41. The molecule has 2 heterocycles. The molecule has 0 radical (unpaired) electrons. The number of cyclic esters (lactones) is 1. The fourth-order valence-corrected chi connectivity index (χ4v) is 4.18. The summed E-state index contributed by atoms with van der Waals surface area (Å²) in [5, 5.41) is 0.0544. The summed E-state index contributed by atoms with van der Waals surface area (Å²) in [6.07, 6.45) is 0.304. The zero-order valence-electron chi connectivity index (χ0n) is 16.4. The SMILES string of the molecule is CC1(C(=O)N2CCN(C(=O)c3ccc(F)cc3Cl)CC2)Cc2ccccc2C(=O)O1. The molecule has 0 bridgehead atoms. The van der Waals surface area contributed by atoms with Crippen LogP contribution in [-0.2, 0) is 16.0 Å². The van der Waals surface area contributed by atoms with Crippen molar-refractivity contribution in [1.29, 1.82) is 0 Å². The predicted molar refractivity (Wildman–Crippen MR) is 108 cm³/mol. The van der Waals surface area contributed by atoms with Gasteiger partial charge in [0.05, 0.1) is 16.1 Å². The van der Waals surface area contributed by atoms with Crippen LogP contribution in [0.1, 0.15) is 33.2 Å². The summed E-state index contributed by atoms with van der Waals surface area (Å²) in [4.78, 5) is 41.4. The molecule has 1 fully saturated rings. The monoisotopic (exact) mass is 430 g/mol. The Labute approximate surface area is 178 Å². The van der Waals surface area contributed by atoms with Crippen LogP contribution in [0.3, 0.4) is 0 Å². The number of ether oxygens (including phenoxy) is 1. The van der Waals surface area contributed by atoms with Crippen molar-refractivity contribution in [2.75, 3.05) is 26.2 Å². The predicted octanol–water partition coefficient (Wildman–Crippen LogP) is 2.94. The summed E-state index contributed by atoms with van der Waals surface area (Å²) in [5.41, 5.74) is 0.207. The number of halogens is 2. The van der Waals surface area contributed by atoms with Crippen molar-refractivity contribution in [3.8, 4) is 0 Å². The third-order valence-electron chi connectivity index (χ3n) is 5.55. The minimum atomic E-state index is -1.28. The normalized spacial score (nSPS) is 21.1. The minimum Gasteiger partial charge on any atom is -0.445 e. The van der Waals surface area contributed by atoms with Gasteiger partial charge in [-0.05, 0) is 36.8 Å². The Hall–Kier alpha value is -2.93. The van der Waals surface area contributed by atoms with Crippen LogP contribution in [0.5, 0.6) is 0 Å². The van der Waals surface area contributed by atoms with Crippen LogP contribution in [0.2, 0.25) is 5.02 Å². The Balaban J connectivity index is 1.43. The van der Waals surface area contributed by atoms with E-state index < -0.39 is 17.4 Å². The third kappa shape index (κ3) is 3.65. The summed E-state index contributed by atoms with van der Waals surface area (Å²) in [5.74, 6) is -1.61. The van der Waals surface area contributed by atoms with Crippen LogP contribution >= 0.6 is 11.6 Å². The maximum absolute atomic E-state index is 13.2. The molecule has 1 saturated heterocycles. The van der Waals surface area contributed by atoms with Gasteiger partial charge in [-0.1, -0.05) is 29.8 Å². The van der Waals surface area contributed by atoms with E-state index in [9.17, 15) is 18.8 Å². The Morgan fingerprint density at radius 1 is 1.07 bits per heavy atom. The van der Waals surface area contributed by atoms with Crippen LogP contribution in [0.25, 0.3) is 0 Å². The van der Waals surface area contributed by atoms with Gasteiger partial charge in [0.2, 0.25) is 0 Å². The molecule has 30 heavy (non-hydrogen) atoms. The van der Waals surface area contributed by atoms with Gasteiger partial charge in [0.1, 0.15) is 5.82 Å². The number of piperazine rings is 1. The molecule has 0 aliphatic carbocycles. The van der Waals surface area contributed by atoms with E-state index in [1.54, 1.807) is 28.9 Å². The second-order valence-electron chi connectivity index (χ2n) is 7.66. The number of hydrogen-bond donors (Lipinski definition) is 0. The van der Waals surface area contributed by atoms with E-state index in [0.717, 1.165) is 11.6 Å². The second kappa shape index (κ2) is 7.72. The molecule has 8 heteroatoms. The molecule has 1 atom stereocenters. The molecular formula is C22H20ClFN2O4. The van der Waals surface area contributed by atoms with Crippen LogP contribution in [0.15, 0.2) is 42.5 Å². The molecular weight excluding hydrogens is 411 g/mol. The van der Waals surface area contributed by atoms with Crippen LogP contribution in [0, 0.1) is 5.82 Å². The molecule has 2 aromatic rings. The summed E-state index contributed by atoms with van der Waals surface area (Å²) < 4.78 is 18.8. The highest BCUT2D eigenvalue weighted by Crippen LogP contribution is 2.30. The molecule has 156 valence electrons. The maximum Gasteiger partial charge on any atom is 0.339 e. The van der Waals surface area contributed by atoms with Gasteiger partial charge in [-0.25, -0.2) is 9.18 Å². The fourth-order valence-electron chi connectivity index (χ4n) is 3.93. The van der Waals surface area contributed by atoms with Gasteiger partial charge >= 0.3 is 5.97 Å². The Bertz CT molecular complexity index is 1040. The number of carbonyl (C=O) groups excluding carboxylic acids is 3. The Morgan fingerprint density at radius 3 is 2.43 bits per heavy atom. The van der Waals surface area contributed by atoms with E-state index in [1.807, 2.05) is 12.1 Å². The van der Waals surface area contributed by atoms with Gasteiger partial charge in [0.25, 0.3) is 11.8 Å². The van der Waals surface area contributed by atoms with Crippen LogP contribution in [0.4, 0.5) is 4.39 Å². The molecule has 0 spiro atoms. The molecule has 1 unspecified atom stereocenters. The molecule has 0 saturated carbocycles. The maximum atomic E-state index is 13.2. The number of carbonyl (C=O) groups is 3. The highest BCUT2D eigenvalue weighted by atomic mass is 35.5. The molecule has 0 aromatic heterocycles. The molecule has 2 aliphatic heterocycles. The average Bonchev–Trinajstić information content (AvgIpc) is 2.73.